The van der Waals surface area contributed by atoms with Crippen LogP contribution < -0.4 is 0 Å². The second-order valence-corrected chi connectivity index (χ2v) is 5.42. The Bertz CT molecular complexity index is 205. The van der Waals surface area contributed by atoms with Crippen LogP contribution in [-0.4, -0.2) is 30.3 Å². The van der Waals surface area contributed by atoms with Crippen molar-refractivity contribution in [2.75, 3.05) is 19.6 Å². The van der Waals surface area contributed by atoms with Crippen LogP contribution in [0, 0.1) is 11.8 Å². The van der Waals surface area contributed by atoms with Crippen molar-refractivity contribution < 1.29 is 4.79 Å². The number of piperidine rings is 1. The third-order valence-electron chi connectivity index (χ3n) is 3.83. The number of likely N-dealkylation sites (tertiary alicyclic amines) is 1. The van der Waals surface area contributed by atoms with E-state index in [0.717, 1.165) is 25.3 Å². The molecule has 2 heteroatoms. The lowest BCUT2D eigenvalue weighted by Gasteiger charge is -2.31. The Morgan fingerprint density at radius 3 is 2.44 bits per heavy atom. The first kappa shape index (κ1) is 13.7. The first-order valence-electron chi connectivity index (χ1n) is 6.88. The van der Waals surface area contributed by atoms with E-state index in [0.29, 0.717) is 5.78 Å². The zero-order valence-electron chi connectivity index (χ0n) is 11.2. The maximum Gasteiger partial charge on any atom is 0.135 e. The Balaban J connectivity index is 2.08. The number of hydrogen-bond acceptors (Lipinski definition) is 2. The number of carbonyl (C=O) groups excluding carboxylic acids is 1. The molecule has 0 aliphatic carbocycles. The molecule has 0 amide bonds. The van der Waals surface area contributed by atoms with E-state index in [-0.39, 0.29) is 5.92 Å². The van der Waals surface area contributed by atoms with E-state index in [9.17, 15) is 4.79 Å². The van der Waals surface area contributed by atoms with Crippen molar-refractivity contribution >= 4 is 5.78 Å². The minimum atomic E-state index is 0.214. The van der Waals surface area contributed by atoms with Crippen LogP contribution in [0.15, 0.2) is 0 Å². The molecule has 16 heavy (non-hydrogen) atoms. The van der Waals surface area contributed by atoms with Gasteiger partial charge in [0, 0.05) is 12.3 Å². The summed E-state index contributed by atoms with van der Waals surface area (Å²) < 4.78 is 0. The normalized spacial score (nSPS) is 19.2. The molecular formula is C14H27NO. The molecule has 0 bridgehead atoms. The van der Waals surface area contributed by atoms with E-state index in [4.69, 9.17) is 0 Å². The van der Waals surface area contributed by atoms with Crippen molar-refractivity contribution in [1.82, 2.24) is 4.90 Å². The van der Waals surface area contributed by atoms with Crippen LogP contribution in [0.3, 0.4) is 0 Å². The lowest BCUT2D eigenvalue weighted by Crippen LogP contribution is -2.34. The molecule has 0 N–H and O–H groups in total. The van der Waals surface area contributed by atoms with Crippen LogP contribution in [-0.2, 0) is 4.79 Å². The third-order valence-corrected chi connectivity index (χ3v) is 3.83. The molecule has 1 fully saturated rings. The molecule has 94 valence electrons. The zero-order chi connectivity index (χ0) is 12.0. The standard InChI is InChI=1S/C14H27NO/c1-4-13-7-10-15(11-8-13)9-5-6-14(16)12(2)3/h12-13H,4-11H2,1-3H3. The van der Waals surface area contributed by atoms with E-state index in [1.54, 1.807) is 0 Å². The maximum atomic E-state index is 11.5. The summed E-state index contributed by atoms with van der Waals surface area (Å²) in [6.45, 7) is 9.89. The van der Waals surface area contributed by atoms with Crippen LogP contribution in [0.5, 0.6) is 0 Å². The van der Waals surface area contributed by atoms with Gasteiger partial charge in [0.15, 0.2) is 0 Å². The molecule has 0 radical (unpaired) electrons. The van der Waals surface area contributed by atoms with Gasteiger partial charge in [-0.2, -0.15) is 0 Å². The van der Waals surface area contributed by atoms with Crippen LogP contribution in [0.4, 0.5) is 0 Å². The zero-order valence-corrected chi connectivity index (χ0v) is 11.2. The molecule has 0 aromatic carbocycles. The van der Waals surface area contributed by atoms with Gasteiger partial charge in [-0.25, -0.2) is 0 Å². The van der Waals surface area contributed by atoms with E-state index >= 15 is 0 Å². The largest absolute Gasteiger partial charge is 0.303 e. The van der Waals surface area contributed by atoms with Gasteiger partial charge >= 0.3 is 0 Å². The summed E-state index contributed by atoms with van der Waals surface area (Å²) in [5, 5.41) is 0. The maximum absolute atomic E-state index is 11.5. The second kappa shape index (κ2) is 7.05. The van der Waals surface area contributed by atoms with Crippen LogP contribution in [0.25, 0.3) is 0 Å². The predicted molar refractivity (Wildman–Crippen MR) is 68.5 cm³/mol. The Hall–Kier alpha value is -0.370. The average Bonchev–Trinajstić information content (AvgIpc) is 2.29. The molecule has 0 unspecified atom stereocenters. The lowest BCUT2D eigenvalue weighted by molar-refractivity contribution is -0.122. The number of ketones is 1. The van der Waals surface area contributed by atoms with Crippen molar-refractivity contribution in [3.63, 3.8) is 0 Å². The lowest BCUT2D eigenvalue weighted by atomic mass is 9.94. The van der Waals surface area contributed by atoms with Gasteiger partial charge in [0.25, 0.3) is 0 Å². The highest BCUT2D eigenvalue weighted by Crippen LogP contribution is 2.20. The van der Waals surface area contributed by atoms with Gasteiger partial charge in [-0.15, -0.1) is 0 Å². The van der Waals surface area contributed by atoms with Crippen LogP contribution in [0.1, 0.15) is 52.9 Å². The summed E-state index contributed by atoms with van der Waals surface area (Å²) in [5.74, 6) is 1.59. The van der Waals surface area contributed by atoms with Gasteiger partial charge in [-0.3, -0.25) is 4.79 Å². The molecule has 0 saturated carbocycles. The summed E-state index contributed by atoms with van der Waals surface area (Å²) in [5.41, 5.74) is 0. The van der Waals surface area contributed by atoms with Gasteiger partial charge in [0.1, 0.15) is 5.78 Å². The summed E-state index contributed by atoms with van der Waals surface area (Å²) >= 11 is 0. The fourth-order valence-corrected chi connectivity index (χ4v) is 2.38. The van der Waals surface area contributed by atoms with E-state index in [2.05, 4.69) is 11.8 Å². The summed E-state index contributed by atoms with van der Waals surface area (Å²) in [6.07, 6.45) is 5.86. The van der Waals surface area contributed by atoms with E-state index in [1.165, 1.54) is 32.4 Å². The number of hydrogen-bond donors (Lipinski definition) is 0. The molecule has 0 atom stereocenters. The third kappa shape index (κ3) is 4.65. The number of Topliss-reactive ketones (excluding diaryl/α,β-unsaturated/α-hetero) is 1. The average molecular weight is 225 g/mol. The van der Waals surface area contributed by atoms with Gasteiger partial charge in [0.05, 0.1) is 0 Å². The van der Waals surface area contributed by atoms with E-state index in [1.807, 2.05) is 13.8 Å². The molecule has 0 aromatic rings. The second-order valence-electron chi connectivity index (χ2n) is 5.42. The van der Waals surface area contributed by atoms with Gasteiger partial charge in [-0.05, 0) is 44.8 Å². The summed E-state index contributed by atoms with van der Waals surface area (Å²) in [6, 6.07) is 0. The van der Waals surface area contributed by atoms with Crippen LogP contribution in [0.2, 0.25) is 0 Å². The number of nitrogens with zero attached hydrogens (tertiary/aromatic N) is 1. The Kier molecular flexibility index (Phi) is 6.04. The first-order valence-corrected chi connectivity index (χ1v) is 6.88. The summed E-state index contributed by atoms with van der Waals surface area (Å²) in [4.78, 5) is 14.0. The van der Waals surface area contributed by atoms with E-state index < -0.39 is 0 Å². The quantitative estimate of drug-likeness (QED) is 0.692. The van der Waals surface area contributed by atoms with Gasteiger partial charge < -0.3 is 4.90 Å². The fourth-order valence-electron chi connectivity index (χ4n) is 2.38. The minimum Gasteiger partial charge on any atom is -0.303 e. The molecule has 1 aliphatic heterocycles. The fraction of sp³-hybridized carbons (Fsp3) is 0.929. The Morgan fingerprint density at radius 1 is 1.31 bits per heavy atom. The molecule has 0 aromatic heterocycles. The molecule has 1 heterocycles. The van der Waals surface area contributed by atoms with Crippen LogP contribution >= 0.6 is 0 Å². The number of rotatable bonds is 6. The smallest absolute Gasteiger partial charge is 0.135 e. The number of carbonyl (C=O) groups is 1. The Morgan fingerprint density at radius 2 is 1.94 bits per heavy atom. The molecule has 1 rings (SSSR count). The highest BCUT2D eigenvalue weighted by atomic mass is 16.1. The van der Waals surface area contributed by atoms with Crippen molar-refractivity contribution in [2.24, 2.45) is 11.8 Å². The van der Waals surface area contributed by atoms with Gasteiger partial charge in [0.2, 0.25) is 0 Å². The molecule has 1 saturated heterocycles. The van der Waals surface area contributed by atoms with Crippen molar-refractivity contribution in [3.05, 3.63) is 0 Å². The predicted octanol–water partition coefficient (Wildman–Crippen LogP) is 3.11. The first-order chi connectivity index (χ1) is 7.63. The molecule has 0 spiro atoms. The monoisotopic (exact) mass is 225 g/mol. The minimum absolute atomic E-state index is 0.214. The highest BCUT2D eigenvalue weighted by molar-refractivity contribution is 5.80. The topological polar surface area (TPSA) is 20.3 Å². The summed E-state index contributed by atoms with van der Waals surface area (Å²) in [7, 11) is 0. The van der Waals surface area contributed by atoms with Crippen molar-refractivity contribution in [1.29, 1.82) is 0 Å². The Labute approximate surface area is 100 Å². The SMILES string of the molecule is CCC1CCN(CCCC(=O)C(C)C)CC1. The highest BCUT2D eigenvalue weighted by Gasteiger charge is 2.17. The van der Waals surface area contributed by atoms with Gasteiger partial charge in [-0.1, -0.05) is 27.2 Å². The molecule has 2 nitrogen and oxygen atoms in total. The van der Waals surface area contributed by atoms with Crippen molar-refractivity contribution in [3.8, 4) is 0 Å². The van der Waals surface area contributed by atoms with Crippen molar-refractivity contribution in [2.45, 2.75) is 52.9 Å². The molecular weight excluding hydrogens is 198 g/mol. The molecule has 1 aliphatic rings.